The van der Waals surface area contributed by atoms with Crippen molar-refractivity contribution >= 4 is 6.03 Å². The van der Waals surface area contributed by atoms with Gasteiger partial charge in [0.1, 0.15) is 0 Å². The van der Waals surface area contributed by atoms with Crippen molar-refractivity contribution in [1.82, 2.24) is 25.3 Å². The zero-order chi connectivity index (χ0) is 22.9. The molecule has 1 fully saturated rings. The van der Waals surface area contributed by atoms with Crippen LogP contribution in [0.5, 0.6) is 0 Å². The van der Waals surface area contributed by atoms with Crippen molar-refractivity contribution in [3.8, 4) is 5.69 Å². The minimum atomic E-state index is -0.131. The Morgan fingerprint density at radius 1 is 1.06 bits per heavy atom. The van der Waals surface area contributed by atoms with E-state index in [1.54, 1.807) is 0 Å². The normalized spacial score (nSPS) is 15.2. The molecule has 0 aliphatic carbocycles. The average molecular weight is 448 g/mol. The van der Waals surface area contributed by atoms with Crippen LogP contribution < -0.4 is 10.6 Å². The van der Waals surface area contributed by atoms with Crippen LogP contribution in [0, 0.1) is 6.92 Å². The molecule has 1 atom stereocenters. The largest absolute Gasteiger partial charge is 0.379 e. The molecule has 1 aromatic heterocycles. The van der Waals surface area contributed by atoms with E-state index in [0.29, 0.717) is 6.54 Å². The first-order valence-electron chi connectivity index (χ1n) is 11.7. The molecule has 0 saturated carbocycles. The van der Waals surface area contributed by atoms with Crippen LogP contribution in [-0.4, -0.2) is 60.1 Å². The maximum Gasteiger partial charge on any atom is 0.315 e. The summed E-state index contributed by atoms with van der Waals surface area (Å²) in [7, 11) is 0. The molecule has 2 aromatic carbocycles. The monoisotopic (exact) mass is 447 g/mol. The van der Waals surface area contributed by atoms with Crippen molar-refractivity contribution in [1.29, 1.82) is 0 Å². The maximum absolute atomic E-state index is 12.7. The lowest BCUT2D eigenvalue weighted by Crippen LogP contribution is -2.45. The van der Waals surface area contributed by atoms with Crippen LogP contribution in [0.4, 0.5) is 4.79 Å². The highest BCUT2D eigenvalue weighted by Crippen LogP contribution is 2.16. The Labute approximate surface area is 195 Å². The summed E-state index contributed by atoms with van der Waals surface area (Å²) < 4.78 is 7.38. The molecule has 2 N–H and O–H groups in total. The van der Waals surface area contributed by atoms with Gasteiger partial charge in [-0.3, -0.25) is 4.90 Å². The standard InChI is InChI=1S/C26H33N5O2/c1-21-23(19-31(29-21)24-12-6-3-7-13-24)11-8-14-27-26(32)28-25(22-9-4-2-5-10-22)20-30-15-17-33-18-16-30/h2-7,9-10,12-13,19,25H,8,11,14-18,20H2,1H3,(H2,27,28,32). The number of hydrogen-bond donors (Lipinski definition) is 2. The van der Waals surface area contributed by atoms with Crippen molar-refractivity contribution in [2.75, 3.05) is 39.4 Å². The average Bonchev–Trinajstić information content (AvgIpc) is 3.23. The van der Waals surface area contributed by atoms with Gasteiger partial charge < -0.3 is 15.4 Å². The highest BCUT2D eigenvalue weighted by atomic mass is 16.5. The smallest absolute Gasteiger partial charge is 0.315 e. The minimum absolute atomic E-state index is 0.0596. The molecule has 174 valence electrons. The maximum atomic E-state index is 12.7. The van der Waals surface area contributed by atoms with Gasteiger partial charge in [-0.25, -0.2) is 9.48 Å². The van der Waals surface area contributed by atoms with Gasteiger partial charge >= 0.3 is 6.03 Å². The SMILES string of the molecule is Cc1nn(-c2ccccc2)cc1CCCNC(=O)NC(CN1CCOCC1)c1ccccc1. The van der Waals surface area contributed by atoms with Gasteiger partial charge in [0, 0.05) is 32.4 Å². The van der Waals surface area contributed by atoms with E-state index in [9.17, 15) is 4.79 Å². The molecule has 3 aromatic rings. The van der Waals surface area contributed by atoms with Crippen molar-refractivity contribution in [3.05, 3.63) is 83.7 Å². The van der Waals surface area contributed by atoms with Gasteiger partial charge in [-0.1, -0.05) is 48.5 Å². The van der Waals surface area contributed by atoms with Crippen molar-refractivity contribution < 1.29 is 9.53 Å². The lowest BCUT2D eigenvalue weighted by molar-refractivity contribution is 0.0340. The van der Waals surface area contributed by atoms with Crippen molar-refractivity contribution in [2.24, 2.45) is 0 Å². The van der Waals surface area contributed by atoms with Crippen LogP contribution in [-0.2, 0) is 11.2 Å². The topological polar surface area (TPSA) is 71.4 Å². The number of nitrogens with zero attached hydrogens (tertiary/aromatic N) is 3. The summed E-state index contributed by atoms with van der Waals surface area (Å²) in [6.45, 7) is 6.69. The third-order valence-corrected chi connectivity index (χ3v) is 5.98. The molecule has 2 amide bonds. The van der Waals surface area contributed by atoms with Crippen molar-refractivity contribution in [3.63, 3.8) is 0 Å². The summed E-state index contributed by atoms with van der Waals surface area (Å²) in [4.78, 5) is 15.0. The molecule has 0 spiro atoms. The Bertz CT molecular complexity index is 1000. The molecule has 0 radical (unpaired) electrons. The quantitative estimate of drug-likeness (QED) is 0.493. The zero-order valence-electron chi connectivity index (χ0n) is 19.2. The summed E-state index contributed by atoms with van der Waals surface area (Å²) in [6.07, 6.45) is 3.81. The van der Waals surface area contributed by atoms with Crippen LogP contribution in [0.3, 0.4) is 0 Å². The lowest BCUT2D eigenvalue weighted by Gasteiger charge is -2.31. The van der Waals surface area contributed by atoms with Gasteiger partial charge in [0.25, 0.3) is 0 Å². The lowest BCUT2D eigenvalue weighted by atomic mass is 10.1. The van der Waals surface area contributed by atoms with E-state index in [1.807, 2.05) is 60.1 Å². The van der Waals surface area contributed by atoms with Crippen LogP contribution >= 0.6 is 0 Å². The summed E-state index contributed by atoms with van der Waals surface area (Å²) >= 11 is 0. The molecule has 7 heteroatoms. The highest BCUT2D eigenvalue weighted by Gasteiger charge is 2.20. The van der Waals surface area contributed by atoms with Crippen LogP contribution in [0.15, 0.2) is 66.9 Å². The molecular weight excluding hydrogens is 414 g/mol. The van der Waals surface area contributed by atoms with E-state index in [1.165, 1.54) is 5.56 Å². The van der Waals surface area contributed by atoms with E-state index in [0.717, 1.165) is 62.6 Å². The molecule has 33 heavy (non-hydrogen) atoms. The molecule has 1 unspecified atom stereocenters. The fourth-order valence-electron chi connectivity index (χ4n) is 4.11. The van der Waals surface area contributed by atoms with E-state index < -0.39 is 0 Å². The summed E-state index contributed by atoms with van der Waals surface area (Å²) in [6, 6.07) is 20.1. The van der Waals surface area contributed by atoms with Crippen molar-refractivity contribution in [2.45, 2.75) is 25.8 Å². The van der Waals surface area contributed by atoms with Gasteiger partial charge in [-0.05, 0) is 43.0 Å². The first-order valence-corrected chi connectivity index (χ1v) is 11.7. The molecule has 7 nitrogen and oxygen atoms in total. The summed E-state index contributed by atoms with van der Waals surface area (Å²) in [5, 5.41) is 10.8. The number of carbonyl (C=O) groups excluding carboxylic acids is 1. The number of aromatic nitrogens is 2. The van der Waals surface area contributed by atoms with Gasteiger partial charge in [-0.15, -0.1) is 0 Å². The second-order valence-electron chi connectivity index (χ2n) is 8.40. The third-order valence-electron chi connectivity index (χ3n) is 5.98. The minimum Gasteiger partial charge on any atom is -0.379 e. The second-order valence-corrected chi connectivity index (χ2v) is 8.40. The number of benzene rings is 2. The van der Waals surface area contributed by atoms with Gasteiger partial charge in [-0.2, -0.15) is 5.10 Å². The highest BCUT2D eigenvalue weighted by molar-refractivity contribution is 5.74. The molecule has 2 heterocycles. The number of carbonyl (C=O) groups is 1. The third kappa shape index (κ3) is 6.66. The number of hydrogen-bond acceptors (Lipinski definition) is 4. The number of urea groups is 1. The summed E-state index contributed by atoms with van der Waals surface area (Å²) in [5.74, 6) is 0. The number of amides is 2. The van der Waals surface area contributed by atoms with E-state index in [2.05, 4.69) is 39.0 Å². The fraction of sp³-hybridized carbons (Fsp3) is 0.385. The number of nitrogens with one attached hydrogen (secondary N) is 2. The van der Waals surface area contributed by atoms with Gasteiger partial charge in [0.15, 0.2) is 0 Å². The summed E-state index contributed by atoms with van der Waals surface area (Å²) in [5.41, 5.74) is 4.40. The number of para-hydroxylation sites is 1. The van der Waals surface area contributed by atoms with E-state index in [4.69, 9.17) is 4.74 Å². The molecule has 1 saturated heterocycles. The Kier molecular flexibility index (Phi) is 8.11. The molecular formula is C26H33N5O2. The number of rotatable bonds is 9. The van der Waals surface area contributed by atoms with Crippen LogP contribution in [0.2, 0.25) is 0 Å². The number of ether oxygens (including phenoxy) is 1. The Morgan fingerprint density at radius 3 is 2.48 bits per heavy atom. The number of aryl methyl sites for hydroxylation is 2. The predicted octanol–water partition coefficient (Wildman–Crippen LogP) is 3.49. The fourth-order valence-corrected chi connectivity index (χ4v) is 4.11. The Balaban J connectivity index is 1.26. The molecule has 4 rings (SSSR count). The van der Waals surface area contributed by atoms with Gasteiger partial charge in [0.2, 0.25) is 0 Å². The molecule has 0 bridgehead atoms. The zero-order valence-corrected chi connectivity index (χ0v) is 19.2. The molecule has 1 aliphatic heterocycles. The van der Waals surface area contributed by atoms with Crippen LogP contribution in [0.25, 0.3) is 5.69 Å². The van der Waals surface area contributed by atoms with E-state index in [-0.39, 0.29) is 12.1 Å². The number of morpholine rings is 1. The van der Waals surface area contributed by atoms with E-state index >= 15 is 0 Å². The Hall–Kier alpha value is -3.16. The second kappa shape index (κ2) is 11.6. The first kappa shape index (κ1) is 23.0. The Morgan fingerprint density at radius 2 is 1.76 bits per heavy atom. The van der Waals surface area contributed by atoms with Crippen LogP contribution in [0.1, 0.15) is 29.3 Å². The molecule has 1 aliphatic rings. The van der Waals surface area contributed by atoms with Gasteiger partial charge in [0.05, 0.1) is 30.6 Å². The first-order chi connectivity index (χ1) is 16.2. The predicted molar refractivity (Wildman–Crippen MR) is 130 cm³/mol.